The van der Waals surface area contributed by atoms with Crippen molar-refractivity contribution in [2.75, 3.05) is 5.73 Å². The van der Waals surface area contributed by atoms with E-state index in [0.29, 0.717) is 11.4 Å². The first-order valence-corrected chi connectivity index (χ1v) is 5.74. The maximum atomic E-state index is 13.4. The van der Waals surface area contributed by atoms with Crippen LogP contribution in [0.3, 0.4) is 0 Å². The average molecular weight is 232 g/mol. The molecule has 1 aromatic carbocycles. The van der Waals surface area contributed by atoms with Crippen LogP contribution in [0.4, 0.5) is 10.1 Å². The van der Waals surface area contributed by atoms with Crippen molar-refractivity contribution in [1.82, 2.24) is 14.8 Å². The van der Waals surface area contributed by atoms with Crippen molar-refractivity contribution >= 4 is 5.69 Å². The van der Waals surface area contributed by atoms with E-state index in [4.69, 9.17) is 5.73 Å². The summed E-state index contributed by atoms with van der Waals surface area (Å²) in [5.41, 5.74) is 6.53. The molecule has 0 saturated carbocycles. The number of rotatable bonds is 1. The first kappa shape index (κ1) is 10.3. The van der Waals surface area contributed by atoms with E-state index in [-0.39, 0.29) is 5.69 Å². The SMILES string of the molecule is Nc1c(F)cccc1-c1nnc2n1CCCC2. The number of hydrogen-bond donors (Lipinski definition) is 1. The van der Waals surface area contributed by atoms with E-state index in [1.807, 2.05) is 4.57 Å². The van der Waals surface area contributed by atoms with Gasteiger partial charge >= 0.3 is 0 Å². The van der Waals surface area contributed by atoms with Crippen LogP contribution >= 0.6 is 0 Å². The highest BCUT2D eigenvalue weighted by atomic mass is 19.1. The molecule has 1 aliphatic heterocycles. The van der Waals surface area contributed by atoms with E-state index in [1.165, 1.54) is 6.07 Å². The van der Waals surface area contributed by atoms with Crippen LogP contribution in [0.15, 0.2) is 18.2 Å². The molecule has 0 amide bonds. The Balaban J connectivity index is 2.15. The van der Waals surface area contributed by atoms with Gasteiger partial charge in [0.05, 0.1) is 5.69 Å². The van der Waals surface area contributed by atoms with Gasteiger partial charge in [-0.25, -0.2) is 4.39 Å². The van der Waals surface area contributed by atoms with Gasteiger partial charge in [0.1, 0.15) is 11.6 Å². The van der Waals surface area contributed by atoms with Crippen LogP contribution in [0.25, 0.3) is 11.4 Å². The number of nitrogen functional groups attached to an aromatic ring is 1. The number of nitrogens with two attached hydrogens (primary N) is 1. The van der Waals surface area contributed by atoms with Gasteiger partial charge in [-0.05, 0) is 25.0 Å². The normalized spacial score (nSPS) is 14.6. The number of hydrogen-bond acceptors (Lipinski definition) is 3. The van der Waals surface area contributed by atoms with Crippen LogP contribution in [0.5, 0.6) is 0 Å². The molecular formula is C12H13FN4. The number of halogens is 1. The molecule has 0 aliphatic carbocycles. The number of benzene rings is 1. The molecule has 2 aromatic rings. The lowest BCUT2D eigenvalue weighted by Crippen LogP contribution is -2.12. The molecule has 0 radical (unpaired) electrons. The van der Waals surface area contributed by atoms with Gasteiger partial charge in [-0.3, -0.25) is 0 Å². The number of anilines is 1. The summed E-state index contributed by atoms with van der Waals surface area (Å²) in [4.78, 5) is 0. The molecule has 17 heavy (non-hydrogen) atoms. The summed E-state index contributed by atoms with van der Waals surface area (Å²) >= 11 is 0. The Morgan fingerprint density at radius 2 is 2.12 bits per heavy atom. The molecule has 1 aromatic heterocycles. The number of nitrogens with zero attached hydrogens (tertiary/aromatic N) is 3. The van der Waals surface area contributed by atoms with Gasteiger partial charge in [-0.2, -0.15) is 0 Å². The van der Waals surface area contributed by atoms with E-state index >= 15 is 0 Å². The lowest BCUT2D eigenvalue weighted by molar-refractivity contribution is 0.526. The van der Waals surface area contributed by atoms with E-state index in [2.05, 4.69) is 10.2 Å². The Kier molecular flexibility index (Phi) is 2.31. The van der Waals surface area contributed by atoms with Gasteiger partial charge in [-0.1, -0.05) is 6.07 Å². The summed E-state index contributed by atoms with van der Waals surface area (Å²) in [7, 11) is 0. The number of para-hydroxylation sites is 1. The average Bonchev–Trinajstić information content (AvgIpc) is 2.77. The number of aryl methyl sites for hydroxylation is 1. The van der Waals surface area contributed by atoms with E-state index in [0.717, 1.165) is 31.6 Å². The maximum absolute atomic E-state index is 13.4. The molecule has 0 bridgehead atoms. The highest BCUT2D eigenvalue weighted by Gasteiger charge is 2.19. The van der Waals surface area contributed by atoms with E-state index < -0.39 is 5.82 Å². The molecule has 0 atom stereocenters. The van der Waals surface area contributed by atoms with Crippen molar-refractivity contribution in [3.63, 3.8) is 0 Å². The zero-order valence-corrected chi connectivity index (χ0v) is 9.36. The smallest absolute Gasteiger partial charge is 0.166 e. The summed E-state index contributed by atoms with van der Waals surface area (Å²) in [6.45, 7) is 0.883. The predicted molar refractivity (Wildman–Crippen MR) is 62.8 cm³/mol. The van der Waals surface area contributed by atoms with E-state index in [1.54, 1.807) is 12.1 Å². The van der Waals surface area contributed by atoms with Gasteiger partial charge in [0, 0.05) is 18.5 Å². The number of fused-ring (bicyclic) bond motifs is 1. The van der Waals surface area contributed by atoms with Gasteiger partial charge in [-0.15, -0.1) is 10.2 Å². The minimum Gasteiger partial charge on any atom is -0.396 e. The van der Waals surface area contributed by atoms with Crippen LogP contribution in [0, 0.1) is 5.82 Å². The fraction of sp³-hybridized carbons (Fsp3) is 0.333. The highest BCUT2D eigenvalue weighted by molar-refractivity contribution is 5.72. The third-order valence-corrected chi connectivity index (χ3v) is 3.15. The Morgan fingerprint density at radius 3 is 3.00 bits per heavy atom. The van der Waals surface area contributed by atoms with E-state index in [9.17, 15) is 4.39 Å². The van der Waals surface area contributed by atoms with Crippen molar-refractivity contribution in [2.24, 2.45) is 0 Å². The topological polar surface area (TPSA) is 56.7 Å². The summed E-state index contributed by atoms with van der Waals surface area (Å²) in [6.07, 6.45) is 3.17. The van der Waals surface area contributed by atoms with Crippen LogP contribution in [-0.4, -0.2) is 14.8 Å². The minimum absolute atomic E-state index is 0.147. The van der Waals surface area contributed by atoms with Crippen molar-refractivity contribution in [1.29, 1.82) is 0 Å². The molecule has 0 saturated heterocycles. The molecule has 88 valence electrons. The molecule has 2 N–H and O–H groups in total. The first-order chi connectivity index (χ1) is 8.27. The summed E-state index contributed by atoms with van der Waals surface area (Å²) < 4.78 is 15.5. The Morgan fingerprint density at radius 1 is 1.24 bits per heavy atom. The first-order valence-electron chi connectivity index (χ1n) is 5.74. The van der Waals surface area contributed by atoms with Crippen LogP contribution in [0.1, 0.15) is 18.7 Å². The third kappa shape index (κ3) is 1.58. The van der Waals surface area contributed by atoms with Gasteiger partial charge in [0.25, 0.3) is 0 Å². The maximum Gasteiger partial charge on any atom is 0.166 e. The molecule has 2 heterocycles. The fourth-order valence-corrected chi connectivity index (χ4v) is 2.24. The monoisotopic (exact) mass is 232 g/mol. The molecule has 0 unspecified atom stereocenters. The van der Waals surface area contributed by atoms with Gasteiger partial charge in [0.2, 0.25) is 0 Å². The van der Waals surface area contributed by atoms with Crippen LogP contribution in [0.2, 0.25) is 0 Å². The van der Waals surface area contributed by atoms with Crippen molar-refractivity contribution < 1.29 is 4.39 Å². The fourth-order valence-electron chi connectivity index (χ4n) is 2.24. The third-order valence-electron chi connectivity index (χ3n) is 3.15. The molecule has 0 spiro atoms. The zero-order chi connectivity index (χ0) is 11.8. The lowest BCUT2D eigenvalue weighted by atomic mass is 10.1. The second-order valence-corrected chi connectivity index (χ2v) is 4.25. The summed E-state index contributed by atoms with van der Waals surface area (Å²) in [6, 6.07) is 4.78. The molecule has 3 rings (SSSR count). The highest BCUT2D eigenvalue weighted by Crippen LogP contribution is 2.28. The Hall–Kier alpha value is -1.91. The molecule has 1 aliphatic rings. The van der Waals surface area contributed by atoms with Gasteiger partial charge in [0.15, 0.2) is 5.82 Å². The molecular weight excluding hydrogens is 219 g/mol. The van der Waals surface area contributed by atoms with Crippen molar-refractivity contribution in [3.05, 3.63) is 29.8 Å². The van der Waals surface area contributed by atoms with Crippen LogP contribution in [-0.2, 0) is 13.0 Å². The molecule has 0 fully saturated rings. The van der Waals surface area contributed by atoms with Crippen LogP contribution < -0.4 is 5.73 Å². The van der Waals surface area contributed by atoms with Crippen molar-refractivity contribution in [2.45, 2.75) is 25.8 Å². The summed E-state index contributed by atoms with van der Waals surface area (Å²) in [5.74, 6) is 1.24. The number of aromatic nitrogens is 3. The zero-order valence-electron chi connectivity index (χ0n) is 9.36. The largest absolute Gasteiger partial charge is 0.396 e. The Labute approximate surface area is 98.3 Å². The predicted octanol–water partition coefficient (Wildman–Crippen LogP) is 2.00. The van der Waals surface area contributed by atoms with Gasteiger partial charge < -0.3 is 10.3 Å². The molecule has 4 nitrogen and oxygen atoms in total. The second-order valence-electron chi connectivity index (χ2n) is 4.25. The lowest BCUT2D eigenvalue weighted by Gasteiger charge is -2.15. The quantitative estimate of drug-likeness (QED) is 0.765. The Bertz CT molecular complexity index is 562. The molecule has 5 heteroatoms. The second kappa shape index (κ2) is 3.84. The summed E-state index contributed by atoms with van der Waals surface area (Å²) in [5, 5.41) is 8.28. The minimum atomic E-state index is -0.407. The standard InChI is InChI=1S/C12H13FN4/c13-9-5-3-4-8(11(9)14)12-16-15-10-6-1-2-7-17(10)12/h3-5H,1-2,6-7,14H2. The van der Waals surface area contributed by atoms with Crippen molar-refractivity contribution in [3.8, 4) is 11.4 Å².